The van der Waals surface area contributed by atoms with Gasteiger partial charge in [-0.1, -0.05) is 57.6 Å². The third-order valence-electron chi connectivity index (χ3n) is 4.37. The molecule has 0 unspecified atom stereocenters. The molecule has 0 aliphatic carbocycles. The summed E-state index contributed by atoms with van der Waals surface area (Å²) in [6.45, 7) is 3.00. The van der Waals surface area contributed by atoms with Gasteiger partial charge in [-0.15, -0.1) is 0 Å². The van der Waals surface area contributed by atoms with Crippen LogP contribution in [0.3, 0.4) is 0 Å². The van der Waals surface area contributed by atoms with Gasteiger partial charge in [0.25, 0.3) is 0 Å². The molecule has 144 valence electrons. The number of carbonyl (C=O) groups is 1. The van der Waals surface area contributed by atoms with Gasteiger partial charge in [-0.3, -0.25) is 4.99 Å². The number of carboxylic acids is 1. The van der Waals surface area contributed by atoms with Crippen LogP contribution < -0.4 is 4.74 Å². The SMILES string of the molecule is CCCCCCCCCOc1ccc(N=Cc2ccc(C(=O)O)cc2)cc1. The van der Waals surface area contributed by atoms with Crippen molar-refractivity contribution in [2.45, 2.75) is 51.9 Å². The lowest BCUT2D eigenvalue weighted by Gasteiger charge is -2.06. The maximum absolute atomic E-state index is 10.8. The van der Waals surface area contributed by atoms with E-state index in [9.17, 15) is 4.79 Å². The highest BCUT2D eigenvalue weighted by Crippen LogP contribution is 2.19. The van der Waals surface area contributed by atoms with Crippen molar-refractivity contribution in [3.63, 3.8) is 0 Å². The average Bonchev–Trinajstić information content (AvgIpc) is 2.69. The van der Waals surface area contributed by atoms with Crippen molar-refractivity contribution < 1.29 is 14.6 Å². The third-order valence-corrected chi connectivity index (χ3v) is 4.37. The monoisotopic (exact) mass is 367 g/mol. The fraction of sp³-hybridized carbons (Fsp3) is 0.391. The number of unbranched alkanes of at least 4 members (excludes halogenated alkanes) is 6. The van der Waals surface area contributed by atoms with Gasteiger partial charge in [-0.25, -0.2) is 4.79 Å². The molecule has 1 N–H and O–H groups in total. The van der Waals surface area contributed by atoms with E-state index >= 15 is 0 Å². The van der Waals surface area contributed by atoms with E-state index < -0.39 is 5.97 Å². The summed E-state index contributed by atoms with van der Waals surface area (Å²) in [7, 11) is 0. The smallest absolute Gasteiger partial charge is 0.335 e. The fourth-order valence-corrected chi connectivity index (χ4v) is 2.74. The molecule has 27 heavy (non-hydrogen) atoms. The maximum atomic E-state index is 10.8. The average molecular weight is 367 g/mol. The highest BCUT2D eigenvalue weighted by atomic mass is 16.5. The molecule has 0 atom stereocenters. The zero-order valence-electron chi connectivity index (χ0n) is 16.1. The lowest BCUT2D eigenvalue weighted by molar-refractivity contribution is 0.0697. The Kier molecular flexibility index (Phi) is 9.11. The zero-order valence-corrected chi connectivity index (χ0v) is 16.1. The molecule has 0 spiro atoms. The Bertz CT molecular complexity index is 705. The first-order chi connectivity index (χ1) is 13.2. The second-order valence-electron chi connectivity index (χ2n) is 6.65. The van der Waals surface area contributed by atoms with Crippen LogP contribution in [0.25, 0.3) is 0 Å². The minimum Gasteiger partial charge on any atom is -0.494 e. The summed E-state index contributed by atoms with van der Waals surface area (Å²) in [6, 6.07) is 14.3. The predicted molar refractivity (Wildman–Crippen MR) is 111 cm³/mol. The Morgan fingerprint density at radius 2 is 1.56 bits per heavy atom. The Morgan fingerprint density at radius 3 is 2.19 bits per heavy atom. The van der Waals surface area contributed by atoms with Crippen LogP contribution in [-0.2, 0) is 0 Å². The molecule has 0 fully saturated rings. The summed E-state index contributed by atoms with van der Waals surface area (Å²) in [5.74, 6) is -0.0590. The van der Waals surface area contributed by atoms with E-state index in [1.54, 1.807) is 30.5 Å². The molecule has 2 aromatic carbocycles. The van der Waals surface area contributed by atoms with Crippen LogP contribution in [-0.4, -0.2) is 23.9 Å². The van der Waals surface area contributed by atoms with Gasteiger partial charge in [-0.05, 0) is 48.4 Å². The van der Waals surface area contributed by atoms with Crippen LogP contribution in [0.15, 0.2) is 53.5 Å². The largest absolute Gasteiger partial charge is 0.494 e. The third kappa shape index (κ3) is 8.07. The molecule has 2 aromatic rings. The molecule has 4 nitrogen and oxygen atoms in total. The first-order valence-electron chi connectivity index (χ1n) is 9.79. The van der Waals surface area contributed by atoms with E-state index in [4.69, 9.17) is 9.84 Å². The quantitative estimate of drug-likeness (QED) is 0.355. The fourth-order valence-electron chi connectivity index (χ4n) is 2.74. The number of hydrogen-bond donors (Lipinski definition) is 1. The Balaban J connectivity index is 1.70. The molecule has 0 bridgehead atoms. The molecular formula is C23H29NO3. The van der Waals surface area contributed by atoms with Crippen molar-refractivity contribution >= 4 is 17.9 Å². The molecule has 0 aromatic heterocycles. The summed E-state index contributed by atoms with van der Waals surface area (Å²) in [5.41, 5.74) is 1.97. The minimum atomic E-state index is -0.925. The standard InChI is InChI=1S/C23H29NO3/c1-2-3-4-5-6-7-8-17-27-22-15-13-21(14-16-22)24-18-19-9-11-20(12-10-19)23(25)26/h9-16,18H,2-8,17H2,1H3,(H,25,26). The second-order valence-corrected chi connectivity index (χ2v) is 6.65. The first-order valence-corrected chi connectivity index (χ1v) is 9.79. The van der Waals surface area contributed by atoms with E-state index in [2.05, 4.69) is 11.9 Å². The van der Waals surface area contributed by atoms with Gasteiger partial charge in [0, 0.05) is 6.21 Å². The van der Waals surface area contributed by atoms with E-state index in [0.29, 0.717) is 0 Å². The van der Waals surface area contributed by atoms with Crippen LogP contribution in [0.1, 0.15) is 67.8 Å². The molecule has 0 saturated carbocycles. The topological polar surface area (TPSA) is 58.9 Å². The van der Waals surface area contributed by atoms with Gasteiger partial charge < -0.3 is 9.84 Å². The van der Waals surface area contributed by atoms with Crippen molar-refractivity contribution in [3.8, 4) is 5.75 Å². The van der Waals surface area contributed by atoms with Gasteiger partial charge in [0.05, 0.1) is 17.9 Å². The first kappa shape index (κ1) is 20.7. The lowest BCUT2D eigenvalue weighted by Crippen LogP contribution is -1.97. The van der Waals surface area contributed by atoms with Crippen LogP contribution in [0.4, 0.5) is 5.69 Å². The molecule has 0 aliphatic rings. The normalized spacial score (nSPS) is 11.0. The summed E-state index contributed by atoms with van der Waals surface area (Å²) in [6.07, 6.45) is 10.7. The number of ether oxygens (including phenoxy) is 1. The number of rotatable bonds is 12. The molecule has 0 amide bonds. The maximum Gasteiger partial charge on any atom is 0.335 e. The predicted octanol–water partition coefficient (Wildman–Crippen LogP) is 6.26. The molecule has 0 radical (unpaired) electrons. The number of aliphatic imine (C=N–C) groups is 1. The van der Waals surface area contributed by atoms with E-state index in [-0.39, 0.29) is 5.56 Å². The number of aromatic carboxylic acids is 1. The van der Waals surface area contributed by atoms with Crippen LogP contribution in [0, 0.1) is 0 Å². The van der Waals surface area contributed by atoms with Crippen LogP contribution in [0.2, 0.25) is 0 Å². The van der Waals surface area contributed by atoms with Crippen LogP contribution >= 0.6 is 0 Å². The molecule has 4 heteroatoms. The van der Waals surface area contributed by atoms with Gasteiger partial charge in [0.15, 0.2) is 0 Å². The number of benzene rings is 2. The minimum absolute atomic E-state index is 0.273. The van der Waals surface area contributed by atoms with Crippen molar-refractivity contribution in [1.29, 1.82) is 0 Å². The van der Waals surface area contributed by atoms with Crippen molar-refractivity contribution in [2.24, 2.45) is 4.99 Å². The number of nitrogens with zero attached hydrogens (tertiary/aromatic N) is 1. The summed E-state index contributed by atoms with van der Waals surface area (Å²) in [4.78, 5) is 15.3. The summed E-state index contributed by atoms with van der Waals surface area (Å²) >= 11 is 0. The lowest BCUT2D eigenvalue weighted by atomic mass is 10.1. The number of hydrogen-bond acceptors (Lipinski definition) is 3. The van der Waals surface area contributed by atoms with Crippen molar-refractivity contribution in [2.75, 3.05) is 6.61 Å². The van der Waals surface area contributed by atoms with Gasteiger partial charge in [-0.2, -0.15) is 0 Å². The zero-order chi connectivity index (χ0) is 19.3. The molecule has 0 saturated heterocycles. The molecule has 0 heterocycles. The van der Waals surface area contributed by atoms with E-state index in [1.807, 2.05) is 24.3 Å². The van der Waals surface area contributed by atoms with E-state index in [0.717, 1.165) is 30.0 Å². The Hall–Kier alpha value is -2.62. The molecule has 0 aliphatic heterocycles. The molecular weight excluding hydrogens is 338 g/mol. The van der Waals surface area contributed by atoms with Crippen molar-refractivity contribution in [1.82, 2.24) is 0 Å². The van der Waals surface area contributed by atoms with E-state index in [1.165, 1.54) is 38.5 Å². The molecule has 2 rings (SSSR count). The van der Waals surface area contributed by atoms with Gasteiger partial charge in [0.1, 0.15) is 5.75 Å². The van der Waals surface area contributed by atoms with Crippen LogP contribution in [0.5, 0.6) is 5.75 Å². The van der Waals surface area contributed by atoms with Gasteiger partial charge in [0.2, 0.25) is 0 Å². The highest BCUT2D eigenvalue weighted by Gasteiger charge is 2.00. The highest BCUT2D eigenvalue weighted by molar-refractivity contribution is 5.89. The summed E-state index contributed by atoms with van der Waals surface area (Å²) < 4.78 is 5.78. The van der Waals surface area contributed by atoms with Gasteiger partial charge >= 0.3 is 5.97 Å². The van der Waals surface area contributed by atoms with Crippen molar-refractivity contribution in [3.05, 3.63) is 59.7 Å². The number of carboxylic acid groups (broad SMARTS) is 1. The Labute approximate surface area is 161 Å². The second kappa shape index (κ2) is 11.9. The Morgan fingerprint density at radius 1 is 0.926 bits per heavy atom. The summed E-state index contributed by atoms with van der Waals surface area (Å²) in [5, 5.41) is 8.90.